The fourth-order valence-corrected chi connectivity index (χ4v) is 2.38. The van der Waals surface area contributed by atoms with Crippen molar-refractivity contribution in [2.24, 2.45) is 0 Å². The van der Waals surface area contributed by atoms with Crippen LogP contribution in [-0.4, -0.2) is 21.0 Å². The molecule has 0 unspecified atom stereocenters. The summed E-state index contributed by atoms with van der Waals surface area (Å²) in [5, 5.41) is 16.1. The molecule has 2 heterocycles. The minimum atomic E-state index is -0.864. The van der Waals surface area contributed by atoms with Crippen molar-refractivity contribution >= 4 is 33.8 Å². The number of thiazole rings is 2. The average Bonchev–Trinajstić information content (AvgIpc) is 2.84. The highest BCUT2D eigenvalue weighted by Crippen LogP contribution is 2.16. The van der Waals surface area contributed by atoms with Gasteiger partial charge in [0.15, 0.2) is 5.13 Å². The van der Waals surface area contributed by atoms with Crippen LogP contribution in [0.2, 0.25) is 0 Å². The largest absolute Gasteiger partial charge is 0.481 e. The van der Waals surface area contributed by atoms with Gasteiger partial charge in [0.1, 0.15) is 0 Å². The molecule has 0 radical (unpaired) electrons. The minimum Gasteiger partial charge on any atom is -0.481 e. The first-order valence-corrected chi connectivity index (χ1v) is 6.33. The molecule has 0 aliphatic carbocycles. The molecule has 0 spiro atoms. The molecule has 2 aromatic heterocycles. The third-order valence-corrected chi connectivity index (χ3v) is 3.27. The number of aromatic nitrogens is 2. The fraction of sp³-hybridized carbons (Fsp3) is 0.222. The van der Waals surface area contributed by atoms with E-state index in [9.17, 15) is 4.79 Å². The molecule has 7 heteroatoms. The molecular formula is C9H9N3O2S2. The number of rotatable bonds is 5. The SMILES string of the molecule is O=C(O)Cc1csc(NCc2cscn2)n1. The van der Waals surface area contributed by atoms with Crippen LogP contribution >= 0.6 is 22.7 Å². The maximum atomic E-state index is 10.5. The van der Waals surface area contributed by atoms with E-state index in [1.807, 2.05) is 5.38 Å². The highest BCUT2D eigenvalue weighted by Gasteiger charge is 2.05. The first-order chi connectivity index (χ1) is 7.74. The van der Waals surface area contributed by atoms with Crippen molar-refractivity contribution in [2.45, 2.75) is 13.0 Å². The first kappa shape index (κ1) is 11.0. The Hall–Kier alpha value is -1.47. The molecule has 0 aliphatic heterocycles. The van der Waals surface area contributed by atoms with E-state index in [1.165, 1.54) is 11.3 Å². The zero-order valence-corrected chi connectivity index (χ0v) is 9.85. The lowest BCUT2D eigenvalue weighted by molar-refractivity contribution is -0.136. The Kier molecular flexibility index (Phi) is 3.47. The number of carboxylic acid groups (broad SMARTS) is 1. The highest BCUT2D eigenvalue weighted by atomic mass is 32.1. The van der Waals surface area contributed by atoms with Crippen molar-refractivity contribution in [2.75, 3.05) is 5.32 Å². The molecule has 0 atom stereocenters. The summed E-state index contributed by atoms with van der Waals surface area (Å²) in [4.78, 5) is 18.7. The maximum absolute atomic E-state index is 10.5. The van der Waals surface area contributed by atoms with Crippen LogP contribution in [0.25, 0.3) is 0 Å². The lowest BCUT2D eigenvalue weighted by Crippen LogP contribution is -2.02. The van der Waals surface area contributed by atoms with Crippen LogP contribution < -0.4 is 5.32 Å². The molecular weight excluding hydrogens is 246 g/mol. The Morgan fingerprint density at radius 2 is 2.31 bits per heavy atom. The van der Waals surface area contributed by atoms with Gasteiger partial charge in [-0.25, -0.2) is 9.97 Å². The van der Waals surface area contributed by atoms with E-state index in [0.717, 1.165) is 10.8 Å². The number of aliphatic carboxylic acids is 1. The summed E-state index contributed by atoms with van der Waals surface area (Å²) in [6.45, 7) is 0.615. The summed E-state index contributed by atoms with van der Waals surface area (Å²) in [6, 6.07) is 0. The molecule has 0 fully saturated rings. The molecule has 5 nitrogen and oxygen atoms in total. The molecule has 0 saturated carbocycles. The van der Waals surface area contributed by atoms with Crippen LogP contribution in [0.3, 0.4) is 0 Å². The quantitative estimate of drug-likeness (QED) is 0.852. The van der Waals surface area contributed by atoms with Gasteiger partial charge in [0.05, 0.1) is 29.9 Å². The van der Waals surface area contributed by atoms with Gasteiger partial charge in [-0.15, -0.1) is 22.7 Å². The van der Waals surface area contributed by atoms with Crippen molar-refractivity contribution in [3.05, 3.63) is 27.7 Å². The average molecular weight is 255 g/mol. The number of hydrogen-bond donors (Lipinski definition) is 2. The summed E-state index contributed by atoms with van der Waals surface area (Å²) in [5.41, 5.74) is 3.31. The molecule has 2 rings (SSSR count). The topological polar surface area (TPSA) is 75.1 Å². The second-order valence-corrected chi connectivity index (χ2v) is 4.62. The Balaban J connectivity index is 1.90. The van der Waals surface area contributed by atoms with E-state index in [1.54, 1.807) is 22.2 Å². The minimum absolute atomic E-state index is 0.0329. The van der Waals surface area contributed by atoms with Crippen molar-refractivity contribution in [3.63, 3.8) is 0 Å². The van der Waals surface area contributed by atoms with Gasteiger partial charge in [-0.05, 0) is 0 Å². The smallest absolute Gasteiger partial charge is 0.309 e. The summed E-state index contributed by atoms with van der Waals surface area (Å²) < 4.78 is 0. The predicted octanol–water partition coefficient (Wildman–Crippen LogP) is 1.84. The highest BCUT2D eigenvalue weighted by molar-refractivity contribution is 7.13. The van der Waals surface area contributed by atoms with E-state index in [-0.39, 0.29) is 6.42 Å². The number of hydrogen-bond acceptors (Lipinski definition) is 6. The van der Waals surface area contributed by atoms with Crippen LogP contribution in [0.15, 0.2) is 16.3 Å². The Labute approximate surface area is 99.8 Å². The summed E-state index contributed by atoms with van der Waals surface area (Å²) >= 11 is 2.95. The number of nitrogens with zero attached hydrogens (tertiary/aromatic N) is 2. The number of anilines is 1. The third-order valence-electron chi connectivity index (χ3n) is 1.79. The van der Waals surface area contributed by atoms with E-state index in [0.29, 0.717) is 12.2 Å². The molecule has 0 saturated heterocycles. The van der Waals surface area contributed by atoms with Crippen LogP contribution in [0.5, 0.6) is 0 Å². The number of carbonyl (C=O) groups is 1. The van der Waals surface area contributed by atoms with Gasteiger partial charge < -0.3 is 10.4 Å². The van der Waals surface area contributed by atoms with Gasteiger partial charge in [0.25, 0.3) is 0 Å². The lowest BCUT2D eigenvalue weighted by atomic mass is 10.3. The molecule has 0 aromatic carbocycles. The summed E-state index contributed by atoms with van der Waals surface area (Å²) in [6.07, 6.45) is -0.0329. The number of nitrogens with one attached hydrogen (secondary N) is 1. The zero-order chi connectivity index (χ0) is 11.4. The van der Waals surface area contributed by atoms with Crippen molar-refractivity contribution < 1.29 is 9.90 Å². The molecule has 16 heavy (non-hydrogen) atoms. The zero-order valence-electron chi connectivity index (χ0n) is 8.21. The monoisotopic (exact) mass is 255 g/mol. The second kappa shape index (κ2) is 5.04. The van der Waals surface area contributed by atoms with Crippen LogP contribution in [-0.2, 0) is 17.8 Å². The first-order valence-electron chi connectivity index (χ1n) is 4.51. The fourth-order valence-electron chi connectivity index (χ4n) is 1.12. The van der Waals surface area contributed by atoms with E-state index in [4.69, 9.17) is 5.11 Å². The normalized spacial score (nSPS) is 10.2. The van der Waals surface area contributed by atoms with Gasteiger partial charge in [0, 0.05) is 10.8 Å². The van der Waals surface area contributed by atoms with Gasteiger partial charge in [0.2, 0.25) is 0 Å². The second-order valence-electron chi connectivity index (χ2n) is 3.05. The van der Waals surface area contributed by atoms with Crippen molar-refractivity contribution in [1.29, 1.82) is 0 Å². The molecule has 84 valence electrons. The Bertz CT molecular complexity index is 467. The molecule has 2 N–H and O–H groups in total. The predicted molar refractivity (Wildman–Crippen MR) is 62.9 cm³/mol. The summed E-state index contributed by atoms with van der Waals surface area (Å²) in [5.74, 6) is -0.864. The molecule has 0 amide bonds. The van der Waals surface area contributed by atoms with Crippen LogP contribution in [0.1, 0.15) is 11.4 Å². The van der Waals surface area contributed by atoms with E-state index >= 15 is 0 Å². The van der Waals surface area contributed by atoms with Gasteiger partial charge >= 0.3 is 5.97 Å². The van der Waals surface area contributed by atoms with E-state index < -0.39 is 5.97 Å². The molecule has 0 aliphatic rings. The lowest BCUT2D eigenvalue weighted by Gasteiger charge is -1.97. The van der Waals surface area contributed by atoms with Crippen LogP contribution in [0, 0.1) is 0 Å². The maximum Gasteiger partial charge on any atom is 0.309 e. The number of carboxylic acids is 1. The van der Waals surface area contributed by atoms with Gasteiger partial charge in [-0.1, -0.05) is 0 Å². The van der Waals surface area contributed by atoms with Gasteiger partial charge in [-0.3, -0.25) is 4.79 Å². The van der Waals surface area contributed by atoms with Crippen molar-refractivity contribution in [1.82, 2.24) is 9.97 Å². The summed E-state index contributed by atoms with van der Waals surface area (Å²) in [7, 11) is 0. The molecule has 2 aromatic rings. The van der Waals surface area contributed by atoms with Gasteiger partial charge in [-0.2, -0.15) is 0 Å². The Morgan fingerprint density at radius 1 is 1.44 bits per heavy atom. The Morgan fingerprint density at radius 3 is 3.00 bits per heavy atom. The standard InChI is InChI=1S/C9H9N3O2S2/c13-8(14)1-6-4-16-9(12-6)10-2-7-3-15-5-11-7/h3-5H,1-2H2,(H,10,12)(H,13,14). The third kappa shape index (κ3) is 3.01. The van der Waals surface area contributed by atoms with Crippen molar-refractivity contribution in [3.8, 4) is 0 Å². The van der Waals surface area contributed by atoms with E-state index in [2.05, 4.69) is 15.3 Å². The van der Waals surface area contributed by atoms with Crippen LogP contribution in [0.4, 0.5) is 5.13 Å². The molecule has 0 bridgehead atoms.